The second-order valence-electron chi connectivity index (χ2n) is 14.8. The van der Waals surface area contributed by atoms with Gasteiger partial charge in [0.05, 0.1) is 25.4 Å². The Hall–Kier alpha value is -1.59. The molecular weight excluding hydrogens is 658 g/mol. The number of rotatable bonds is 34. The van der Waals surface area contributed by atoms with Gasteiger partial charge in [-0.2, -0.15) is 0 Å². The van der Waals surface area contributed by atoms with E-state index < -0.39 is 49.5 Å². The third-order valence-electron chi connectivity index (χ3n) is 9.92. The zero-order valence-corrected chi connectivity index (χ0v) is 33.1. The Morgan fingerprint density at radius 1 is 0.635 bits per heavy atom. The van der Waals surface area contributed by atoms with Crippen molar-refractivity contribution in [3.05, 3.63) is 36.5 Å². The Balaban J connectivity index is 2.40. The zero-order chi connectivity index (χ0) is 38.1. The van der Waals surface area contributed by atoms with Crippen molar-refractivity contribution in [2.24, 2.45) is 0 Å². The van der Waals surface area contributed by atoms with E-state index in [0.29, 0.717) is 6.42 Å². The molecule has 1 aliphatic heterocycles. The highest BCUT2D eigenvalue weighted by Gasteiger charge is 2.44. The lowest BCUT2D eigenvalue weighted by Gasteiger charge is -2.40. The van der Waals surface area contributed by atoms with Gasteiger partial charge < -0.3 is 40.3 Å². The van der Waals surface area contributed by atoms with E-state index in [9.17, 15) is 30.3 Å². The van der Waals surface area contributed by atoms with Crippen molar-refractivity contribution in [2.75, 3.05) is 13.2 Å². The van der Waals surface area contributed by atoms with Crippen LogP contribution in [0.4, 0.5) is 0 Å². The molecule has 1 amide bonds. The molecule has 0 aromatic heterocycles. The highest BCUT2D eigenvalue weighted by molar-refractivity contribution is 5.76. The molecule has 1 rings (SSSR count). The summed E-state index contributed by atoms with van der Waals surface area (Å²) >= 11 is 0. The Bertz CT molecular complexity index is 910. The average Bonchev–Trinajstić information content (AvgIpc) is 3.14. The van der Waals surface area contributed by atoms with Crippen molar-refractivity contribution < 1.29 is 39.8 Å². The van der Waals surface area contributed by atoms with E-state index in [1.165, 1.54) is 89.9 Å². The first kappa shape index (κ1) is 48.4. The van der Waals surface area contributed by atoms with Crippen LogP contribution in [0.15, 0.2) is 36.5 Å². The van der Waals surface area contributed by atoms with E-state index in [1.54, 1.807) is 6.08 Å². The third-order valence-corrected chi connectivity index (χ3v) is 9.92. The maximum atomic E-state index is 12.8. The predicted molar refractivity (Wildman–Crippen MR) is 212 cm³/mol. The molecule has 304 valence electrons. The fourth-order valence-corrected chi connectivity index (χ4v) is 6.47. The van der Waals surface area contributed by atoms with Crippen LogP contribution in [0.1, 0.15) is 174 Å². The first-order valence-electron chi connectivity index (χ1n) is 21.2. The summed E-state index contributed by atoms with van der Waals surface area (Å²) in [5, 5.41) is 53.9. The van der Waals surface area contributed by atoms with E-state index in [-0.39, 0.29) is 12.5 Å². The van der Waals surface area contributed by atoms with Crippen molar-refractivity contribution in [3.63, 3.8) is 0 Å². The lowest BCUT2D eigenvalue weighted by Crippen LogP contribution is -2.60. The SMILES string of the molecule is CCC/C=C\CCCCCCCC(=O)NC(COC1OC(CO)C(O)C(O)C1O)C(O)/C=C/CC/C=C/CCCCCCCCCCCCCCC. The number of carbonyl (C=O) groups excluding carboxylic acids is 1. The van der Waals surface area contributed by atoms with Gasteiger partial charge in [0, 0.05) is 6.42 Å². The summed E-state index contributed by atoms with van der Waals surface area (Å²) in [7, 11) is 0. The van der Waals surface area contributed by atoms with Crippen molar-refractivity contribution in [3.8, 4) is 0 Å². The van der Waals surface area contributed by atoms with Crippen LogP contribution < -0.4 is 5.32 Å². The van der Waals surface area contributed by atoms with Crippen molar-refractivity contribution in [1.82, 2.24) is 5.32 Å². The summed E-state index contributed by atoms with van der Waals surface area (Å²) in [4.78, 5) is 12.8. The predicted octanol–water partition coefficient (Wildman–Crippen LogP) is 8.11. The molecule has 1 aliphatic rings. The minimum absolute atomic E-state index is 0.201. The van der Waals surface area contributed by atoms with Crippen LogP contribution in [0.25, 0.3) is 0 Å². The number of nitrogens with one attached hydrogen (secondary N) is 1. The van der Waals surface area contributed by atoms with Crippen LogP contribution in [0.2, 0.25) is 0 Å². The molecule has 0 aliphatic carbocycles. The maximum Gasteiger partial charge on any atom is 0.220 e. The Kier molecular flexibility index (Phi) is 31.6. The normalized spacial score (nSPS) is 22.2. The quantitative estimate of drug-likeness (QED) is 0.0287. The molecule has 7 unspecified atom stereocenters. The minimum atomic E-state index is -1.57. The Morgan fingerprint density at radius 3 is 1.69 bits per heavy atom. The number of hydrogen-bond acceptors (Lipinski definition) is 8. The number of ether oxygens (including phenoxy) is 2. The molecular formula is C43H79NO8. The zero-order valence-electron chi connectivity index (χ0n) is 33.1. The van der Waals surface area contributed by atoms with Gasteiger partial charge in [0.2, 0.25) is 5.91 Å². The van der Waals surface area contributed by atoms with Crippen LogP contribution in [-0.2, 0) is 14.3 Å². The maximum absolute atomic E-state index is 12.8. The number of allylic oxidation sites excluding steroid dienone is 5. The summed E-state index contributed by atoms with van der Waals surface area (Å²) in [6.07, 6.45) is 33.4. The van der Waals surface area contributed by atoms with Gasteiger partial charge >= 0.3 is 0 Å². The average molecular weight is 738 g/mol. The van der Waals surface area contributed by atoms with Crippen LogP contribution in [-0.4, -0.2) is 87.5 Å². The number of carbonyl (C=O) groups is 1. The van der Waals surface area contributed by atoms with E-state index in [1.807, 2.05) is 6.08 Å². The Labute approximate surface area is 317 Å². The highest BCUT2D eigenvalue weighted by atomic mass is 16.7. The molecule has 1 saturated heterocycles. The highest BCUT2D eigenvalue weighted by Crippen LogP contribution is 2.22. The van der Waals surface area contributed by atoms with Gasteiger partial charge in [0.25, 0.3) is 0 Å². The summed E-state index contributed by atoms with van der Waals surface area (Å²) in [6.45, 7) is 3.67. The molecule has 9 heteroatoms. The summed E-state index contributed by atoms with van der Waals surface area (Å²) in [6, 6.07) is -0.822. The van der Waals surface area contributed by atoms with Crippen LogP contribution in [0.5, 0.6) is 0 Å². The van der Waals surface area contributed by atoms with Crippen LogP contribution >= 0.6 is 0 Å². The number of aliphatic hydroxyl groups is 5. The number of aliphatic hydroxyl groups excluding tert-OH is 5. The van der Waals surface area contributed by atoms with Gasteiger partial charge in [0.15, 0.2) is 6.29 Å². The molecule has 7 atom stereocenters. The molecule has 0 saturated carbocycles. The van der Waals surface area contributed by atoms with Gasteiger partial charge in [0.1, 0.15) is 24.4 Å². The second kappa shape index (κ2) is 33.9. The first-order valence-corrected chi connectivity index (χ1v) is 21.2. The molecule has 6 N–H and O–H groups in total. The second-order valence-corrected chi connectivity index (χ2v) is 14.8. The molecule has 1 fully saturated rings. The Morgan fingerprint density at radius 2 is 1.13 bits per heavy atom. The third kappa shape index (κ3) is 24.7. The molecule has 1 heterocycles. The fourth-order valence-electron chi connectivity index (χ4n) is 6.47. The van der Waals surface area contributed by atoms with Crippen LogP contribution in [0.3, 0.4) is 0 Å². The van der Waals surface area contributed by atoms with E-state index in [0.717, 1.165) is 64.2 Å². The fraction of sp³-hybridized carbons (Fsp3) is 0.837. The van der Waals surface area contributed by atoms with E-state index in [2.05, 4.69) is 43.5 Å². The molecule has 0 aromatic carbocycles. The molecule has 52 heavy (non-hydrogen) atoms. The van der Waals surface area contributed by atoms with Gasteiger partial charge in [-0.05, 0) is 51.4 Å². The van der Waals surface area contributed by atoms with Crippen LogP contribution in [0, 0.1) is 0 Å². The summed E-state index contributed by atoms with van der Waals surface area (Å²) in [5.41, 5.74) is 0. The van der Waals surface area contributed by atoms with E-state index in [4.69, 9.17) is 9.47 Å². The summed E-state index contributed by atoms with van der Waals surface area (Å²) < 4.78 is 11.2. The van der Waals surface area contributed by atoms with E-state index >= 15 is 0 Å². The molecule has 0 spiro atoms. The molecule has 0 aromatic rings. The number of hydrogen-bond donors (Lipinski definition) is 6. The van der Waals surface area contributed by atoms with Gasteiger partial charge in [-0.3, -0.25) is 4.79 Å². The molecule has 9 nitrogen and oxygen atoms in total. The van der Waals surface area contributed by atoms with Crippen molar-refractivity contribution in [1.29, 1.82) is 0 Å². The smallest absolute Gasteiger partial charge is 0.220 e. The monoisotopic (exact) mass is 738 g/mol. The van der Waals surface area contributed by atoms with Gasteiger partial charge in [-0.1, -0.05) is 153 Å². The van der Waals surface area contributed by atoms with Gasteiger partial charge in [-0.15, -0.1) is 0 Å². The largest absolute Gasteiger partial charge is 0.394 e. The first-order chi connectivity index (χ1) is 25.3. The standard InChI is InChI=1S/C43H79NO8/c1-3-5-7-9-11-13-15-16-17-18-19-20-21-22-23-24-26-28-30-32-37(46)36(35-51-43-42(50)41(49)40(48)38(34-45)52-43)44-39(47)33-31-29-27-25-14-12-10-8-6-4-2/h8,10,23-24,30,32,36-38,40-43,45-46,48-50H,3-7,9,11-22,25-29,31,33-35H2,1-2H3,(H,44,47)/b10-8-,24-23+,32-30+. The van der Waals surface area contributed by atoms with Gasteiger partial charge in [-0.25, -0.2) is 0 Å². The lowest BCUT2D eigenvalue weighted by atomic mass is 9.99. The minimum Gasteiger partial charge on any atom is -0.394 e. The van der Waals surface area contributed by atoms with Crippen molar-refractivity contribution in [2.45, 2.75) is 217 Å². The molecule has 0 bridgehead atoms. The number of amides is 1. The topological polar surface area (TPSA) is 149 Å². The summed E-state index contributed by atoms with van der Waals surface area (Å²) in [5.74, 6) is -0.201. The lowest BCUT2D eigenvalue weighted by molar-refractivity contribution is -0.302. The number of unbranched alkanes of at least 4 members (excludes halogenated alkanes) is 20. The molecule has 0 radical (unpaired) electrons. The van der Waals surface area contributed by atoms with Crippen molar-refractivity contribution >= 4 is 5.91 Å².